The van der Waals surface area contributed by atoms with Crippen LogP contribution in [0.15, 0.2) is 30.9 Å². The molecule has 0 spiro atoms. The first-order valence-electron chi connectivity index (χ1n) is 5.69. The van der Waals surface area contributed by atoms with Crippen molar-refractivity contribution in [1.82, 2.24) is 14.5 Å². The average Bonchev–Trinajstić information content (AvgIpc) is 2.81. The quantitative estimate of drug-likeness (QED) is 0.751. The predicted octanol–water partition coefficient (Wildman–Crippen LogP) is 1.64. The van der Waals surface area contributed by atoms with Gasteiger partial charge in [-0.05, 0) is 6.07 Å². The molecule has 0 aliphatic carbocycles. The topological polar surface area (TPSA) is 57.0 Å². The number of hydrogen-bond acceptors (Lipinski definition) is 4. The van der Waals surface area contributed by atoms with Gasteiger partial charge in [0.15, 0.2) is 5.78 Å². The molecule has 0 unspecified atom stereocenters. The zero-order chi connectivity index (χ0) is 13.0. The van der Waals surface area contributed by atoms with Gasteiger partial charge in [0.05, 0.1) is 18.9 Å². The van der Waals surface area contributed by atoms with Gasteiger partial charge in [-0.15, -0.1) is 0 Å². The van der Waals surface area contributed by atoms with Crippen molar-refractivity contribution >= 4 is 5.78 Å². The highest BCUT2D eigenvalue weighted by Gasteiger charge is 2.12. The van der Waals surface area contributed by atoms with Crippen LogP contribution in [0.5, 0.6) is 5.75 Å². The summed E-state index contributed by atoms with van der Waals surface area (Å²) < 4.78 is 7.04. The second-order valence-electron chi connectivity index (χ2n) is 3.95. The molecule has 0 fully saturated rings. The van der Waals surface area contributed by atoms with E-state index in [-0.39, 0.29) is 5.78 Å². The van der Waals surface area contributed by atoms with Gasteiger partial charge in [0.25, 0.3) is 0 Å². The third-order valence-electron chi connectivity index (χ3n) is 2.80. The van der Waals surface area contributed by atoms with Crippen molar-refractivity contribution in [3.05, 3.63) is 42.2 Å². The molecule has 0 aliphatic rings. The SMILES string of the molecule is COc1cnccc1C(=O)CCc1nccn1C. The van der Waals surface area contributed by atoms with E-state index in [1.165, 1.54) is 7.11 Å². The molecule has 0 atom stereocenters. The van der Waals surface area contributed by atoms with Crippen molar-refractivity contribution < 1.29 is 9.53 Å². The molecule has 2 heterocycles. The molecular weight excluding hydrogens is 230 g/mol. The molecule has 0 amide bonds. The van der Waals surface area contributed by atoms with Gasteiger partial charge in [0.2, 0.25) is 0 Å². The molecule has 2 aromatic rings. The maximum absolute atomic E-state index is 12.1. The van der Waals surface area contributed by atoms with E-state index in [0.717, 1.165) is 5.82 Å². The van der Waals surface area contributed by atoms with Gasteiger partial charge in [-0.2, -0.15) is 0 Å². The molecule has 0 radical (unpaired) electrons. The number of aromatic nitrogens is 3. The van der Waals surface area contributed by atoms with E-state index in [4.69, 9.17) is 4.74 Å². The Morgan fingerprint density at radius 1 is 1.44 bits per heavy atom. The van der Waals surface area contributed by atoms with Crippen molar-refractivity contribution in [2.24, 2.45) is 7.05 Å². The summed E-state index contributed by atoms with van der Waals surface area (Å²) in [5, 5.41) is 0. The van der Waals surface area contributed by atoms with Gasteiger partial charge in [-0.25, -0.2) is 4.98 Å². The highest BCUT2D eigenvalue weighted by molar-refractivity contribution is 5.98. The molecular formula is C13H15N3O2. The van der Waals surface area contributed by atoms with E-state index in [1.54, 1.807) is 24.7 Å². The largest absolute Gasteiger partial charge is 0.494 e. The number of ketones is 1. The monoisotopic (exact) mass is 245 g/mol. The number of imidazole rings is 1. The molecule has 5 heteroatoms. The van der Waals surface area contributed by atoms with Crippen LogP contribution in [0.4, 0.5) is 0 Å². The summed E-state index contributed by atoms with van der Waals surface area (Å²) in [6.07, 6.45) is 7.77. The second kappa shape index (κ2) is 5.44. The van der Waals surface area contributed by atoms with Crippen LogP contribution in [0.3, 0.4) is 0 Å². The van der Waals surface area contributed by atoms with E-state index in [9.17, 15) is 4.79 Å². The number of ether oxygens (including phenoxy) is 1. The lowest BCUT2D eigenvalue weighted by Crippen LogP contribution is -2.06. The number of pyridine rings is 1. The normalized spacial score (nSPS) is 10.3. The summed E-state index contributed by atoms with van der Waals surface area (Å²) in [5.41, 5.74) is 0.571. The van der Waals surface area contributed by atoms with Crippen molar-refractivity contribution in [1.29, 1.82) is 0 Å². The fraction of sp³-hybridized carbons (Fsp3) is 0.308. The molecule has 0 bridgehead atoms. The second-order valence-corrected chi connectivity index (χ2v) is 3.95. The molecule has 18 heavy (non-hydrogen) atoms. The van der Waals surface area contributed by atoms with E-state index >= 15 is 0 Å². The summed E-state index contributed by atoms with van der Waals surface area (Å²) in [6, 6.07) is 1.68. The lowest BCUT2D eigenvalue weighted by Gasteiger charge is -2.06. The zero-order valence-corrected chi connectivity index (χ0v) is 10.5. The number of carbonyl (C=O) groups is 1. The summed E-state index contributed by atoms with van der Waals surface area (Å²) in [4.78, 5) is 20.2. The first-order valence-corrected chi connectivity index (χ1v) is 5.69. The molecule has 0 saturated carbocycles. The fourth-order valence-corrected chi connectivity index (χ4v) is 1.77. The molecule has 94 valence electrons. The highest BCUT2D eigenvalue weighted by Crippen LogP contribution is 2.18. The Balaban J connectivity index is 2.06. The van der Waals surface area contributed by atoms with Crippen molar-refractivity contribution in [3.8, 4) is 5.75 Å². The van der Waals surface area contributed by atoms with Gasteiger partial charge in [-0.1, -0.05) is 0 Å². The molecule has 0 aliphatic heterocycles. The number of rotatable bonds is 5. The van der Waals surface area contributed by atoms with Gasteiger partial charge in [0, 0.05) is 38.5 Å². The van der Waals surface area contributed by atoms with Crippen LogP contribution in [-0.4, -0.2) is 27.4 Å². The first-order chi connectivity index (χ1) is 8.72. The van der Waals surface area contributed by atoms with Crippen molar-refractivity contribution in [2.45, 2.75) is 12.8 Å². The first kappa shape index (κ1) is 12.3. The molecule has 0 saturated heterocycles. The van der Waals surface area contributed by atoms with Gasteiger partial charge >= 0.3 is 0 Å². The molecule has 0 N–H and O–H groups in total. The van der Waals surface area contributed by atoms with E-state index in [1.807, 2.05) is 17.8 Å². The van der Waals surface area contributed by atoms with Crippen LogP contribution in [0.25, 0.3) is 0 Å². The lowest BCUT2D eigenvalue weighted by molar-refractivity contribution is 0.0979. The smallest absolute Gasteiger partial charge is 0.167 e. The van der Waals surface area contributed by atoms with E-state index in [2.05, 4.69) is 9.97 Å². The number of methoxy groups -OCH3 is 1. The third-order valence-corrected chi connectivity index (χ3v) is 2.80. The van der Waals surface area contributed by atoms with E-state index < -0.39 is 0 Å². The average molecular weight is 245 g/mol. The third kappa shape index (κ3) is 2.56. The standard InChI is InChI=1S/C13H15N3O2/c1-16-8-7-15-13(16)4-3-11(17)10-5-6-14-9-12(10)18-2/h5-9H,3-4H2,1-2H3. The number of aryl methyl sites for hydroxylation is 2. The zero-order valence-electron chi connectivity index (χ0n) is 10.5. The summed E-state index contributed by atoms with van der Waals surface area (Å²) in [6.45, 7) is 0. The van der Waals surface area contributed by atoms with Crippen LogP contribution in [0.2, 0.25) is 0 Å². The van der Waals surface area contributed by atoms with Gasteiger partial charge in [-0.3, -0.25) is 9.78 Å². The minimum Gasteiger partial charge on any atom is -0.494 e. The van der Waals surface area contributed by atoms with Gasteiger partial charge < -0.3 is 9.30 Å². The Morgan fingerprint density at radius 3 is 2.94 bits per heavy atom. The number of nitrogens with zero attached hydrogens (tertiary/aromatic N) is 3. The van der Waals surface area contributed by atoms with Crippen LogP contribution >= 0.6 is 0 Å². The van der Waals surface area contributed by atoms with Crippen LogP contribution in [0, 0.1) is 0 Å². The Kier molecular flexibility index (Phi) is 3.72. The molecule has 2 rings (SSSR count). The lowest BCUT2D eigenvalue weighted by atomic mass is 10.1. The van der Waals surface area contributed by atoms with Crippen molar-refractivity contribution in [2.75, 3.05) is 7.11 Å². The molecule has 5 nitrogen and oxygen atoms in total. The van der Waals surface area contributed by atoms with Crippen LogP contribution < -0.4 is 4.74 Å². The Labute approximate surface area is 105 Å². The maximum Gasteiger partial charge on any atom is 0.167 e. The van der Waals surface area contributed by atoms with E-state index in [0.29, 0.717) is 24.2 Å². The maximum atomic E-state index is 12.1. The minimum absolute atomic E-state index is 0.0391. The predicted molar refractivity (Wildman–Crippen MR) is 66.6 cm³/mol. The molecule has 2 aromatic heterocycles. The number of hydrogen-bond donors (Lipinski definition) is 0. The summed E-state index contributed by atoms with van der Waals surface area (Å²) >= 11 is 0. The fourth-order valence-electron chi connectivity index (χ4n) is 1.77. The minimum atomic E-state index is 0.0391. The number of carbonyl (C=O) groups excluding carboxylic acids is 1. The number of Topliss-reactive ketones (excluding diaryl/α,β-unsaturated/α-hetero) is 1. The highest BCUT2D eigenvalue weighted by atomic mass is 16.5. The van der Waals surface area contributed by atoms with Gasteiger partial charge in [0.1, 0.15) is 11.6 Å². The van der Waals surface area contributed by atoms with Crippen molar-refractivity contribution in [3.63, 3.8) is 0 Å². The van der Waals surface area contributed by atoms with Crippen LogP contribution in [-0.2, 0) is 13.5 Å². The summed E-state index contributed by atoms with van der Waals surface area (Å²) in [7, 11) is 3.45. The Morgan fingerprint density at radius 2 is 2.28 bits per heavy atom. The molecule has 0 aromatic carbocycles. The van der Waals surface area contributed by atoms with Crippen LogP contribution in [0.1, 0.15) is 22.6 Å². The summed E-state index contributed by atoms with van der Waals surface area (Å²) in [5.74, 6) is 1.45. The Bertz CT molecular complexity index is 549. The Hall–Kier alpha value is -2.17.